The normalized spacial score (nSPS) is 11.2. The molecule has 104 valence electrons. The average Bonchev–Trinajstić information content (AvgIpc) is 2.45. The van der Waals surface area contributed by atoms with Crippen molar-refractivity contribution < 1.29 is 22.7 Å². The number of aromatic nitrogens is 1. The molecule has 0 atom stereocenters. The number of hydrogen-bond donors (Lipinski definition) is 0. The molecule has 0 bridgehead atoms. The number of carbonyl (C=O) groups excluding carboxylic acids is 1. The van der Waals surface area contributed by atoms with Crippen molar-refractivity contribution in [2.24, 2.45) is 0 Å². The highest BCUT2D eigenvalue weighted by Crippen LogP contribution is 2.30. The summed E-state index contributed by atoms with van der Waals surface area (Å²) in [5, 5.41) is 0. The Morgan fingerprint density at radius 2 is 1.85 bits per heavy atom. The van der Waals surface area contributed by atoms with Crippen molar-refractivity contribution in [2.75, 3.05) is 7.11 Å². The van der Waals surface area contributed by atoms with Gasteiger partial charge in [0.05, 0.1) is 12.7 Å². The van der Waals surface area contributed by atoms with E-state index in [4.69, 9.17) is 4.74 Å². The lowest BCUT2D eigenvalue weighted by Gasteiger charge is -2.08. The number of aldehydes is 1. The standard InChI is InChI=1S/C14H10F3NO2/c1-20-12-4-2-9(6-11(12)8-19)10-3-5-13(18-7-10)14(15,16)17/h2-8H,1H3. The van der Waals surface area contributed by atoms with Crippen molar-refractivity contribution in [1.82, 2.24) is 4.98 Å². The van der Waals surface area contributed by atoms with Crippen LogP contribution < -0.4 is 4.74 Å². The van der Waals surface area contributed by atoms with Crippen LogP contribution in [0.25, 0.3) is 11.1 Å². The van der Waals surface area contributed by atoms with Gasteiger partial charge in [-0.1, -0.05) is 12.1 Å². The third-order valence-corrected chi connectivity index (χ3v) is 2.74. The largest absolute Gasteiger partial charge is 0.496 e. The average molecular weight is 281 g/mol. The van der Waals surface area contributed by atoms with Gasteiger partial charge in [-0.2, -0.15) is 13.2 Å². The number of nitrogens with zero attached hydrogens (tertiary/aromatic N) is 1. The van der Waals surface area contributed by atoms with Gasteiger partial charge in [0.2, 0.25) is 0 Å². The van der Waals surface area contributed by atoms with Gasteiger partial charge in [-0.25, -0.2) is 0 Å². The molecular weight excluding hydrogens is 271 g/mol. The van der Waals surface area contributed by atoms with E-state index in [1.165, 1.54) is 19.2 Å². The molecule has 0 saturated carbocycles. The van der Waals surface area contributed by atoms with Gasteiger partial charge in [0.15, 0.2) is 6.29 Å². The van der Waals surface area contributed by atoms with Crippen molar-refractivity contribution in [3.05, 3.63) is 47.8 Å². The smallest absolute Gasteiger partial charge is 0.433 e. The third kappa shape index (κ3) is 2.79. The molecule has 0 aliphatic carbocycles. The molecule has 3 nitrogen and oxygen atoms in total. The first kappa shape index (κ1) is 14.0. The van der Waals surface area contributed by atoms with E-state index < -0.39 is 11.9 Å². The van der Waals surface area contributed by atoms with Gasteiger partial charge in [-0.15, -0.1) is 0 Å². The Bertz CT molecular complexity index is 621. The fraction of sp³-hybridized carbons (Fsp3) is 0.143. The molecule has 0 spiro atoms. The minimum absolute atomic E-state index is 0.324. The highest BCUT2D eigenvalue weighted by molar-refractivity contribution is 5.82. The lowest BCUT2D eigenvalue weighted by molar-refractivity contribution is -0.141. The highest BCUT2D eigenvalue weighted by Gasteiger charge is 2.32. The summed E-state index contributed by atoms with van der Waals surface area (Å²) >= 11 is 0. The first-order chi connectivity index (χ1) is 9.45. The highest BCUT2D eigenvalue weighted by atomic mass is 19.4. The second-order valence-corrected chi connectivity index (χ2v) is 4.00. The van der Waals surface area contributed by atoms with E-state index in [0.717, 1.165) is 12.3 Å². The number of pyridine rings is 1. The van der Waals surface area contributed by atoms with Gasteiger partial charge < -0.3 is 4.74 Å². The molecule has 1 heterocycles. The maximum atomic E-state index is 12.4. The number of halogens is 3. The van der Waals surface area contributed by atoms with Crippen LogP contribution in [0.5, 0.6) is 5.75 Å². The van der Waals surface area contributed by atoms with Gasteiger partial charge in [-0.3, -0.25) is 9.78 Å². The molecular formula is C14H10F3NO2. The fourth-order valence-electron chi connectivity index (χ4n) is 1.74. The number of ether oxygens (including phenoxy) is 1. The first-order valence-corrected chi connectivity index (χ1v) is 5.62. The van der Waals surface area contributed by atoms with E-state index in [1.807, 2.05) is 0 Å². The summed E-state index contributed by atoms with van der Waals surface area (Å²) in [5.74, 6) is 0.406. The van der Waals surface area contributed by atoms with E-state index in [0.29, 0.717) is 28.7 Å². The van der Waals surface area contributed by atoms with Crippen LogP contribution in [0.2, 0.25) is 0 Å². The zero-order chi connectivity index (χ0) is 14.8. The summed E-state index contributed by atoms with van der Waals surface area (Å²) in [6.45, 7) is 0. The molecule has 0 unspecified atom stereocenters. The summed E-state index contributed by atoms with van der Waals surface area (Å²) < 4.78 is 42.2. The van der Waals surface area contributed by atoms with Crippen LogP contribution in [0, 0.1) is 0 Å². The van der Waals surface area contributed by atoms with Gasteiger partial charge in [0.1, 0.15) is 11.4 Å². The minimum atomic E-state index is -4.47. The molecule has 0 fully saturated rings. The number of rotatable bonds is 3. The zero-order valence-electron chi connectivity index (χ0n) is 10.4. The predicted octanol–water partition coefficient (Wildman–Crippen LogP) is 3.59. The first-order valence-electron chi connectivity index (χ1n) is 5.62. The molecule has 0 N–H and O–H groups in total. The topological polar surface area (TPSA) is 39.2 Å². The Balaban J connectivity index is 2.39. The summed E-state index contributed by atoms with van der Waals surface area (Å²) in [4.78, 5) is 14.3. The Morgan fingerprint density at radius 3 is 2.35 bits per heavy atom. The molecule has 2 rings (SSSR count). The minimum Gasteiger partial charge on any atom is -0.496 e. The molecule has 0 radical (unpaired) electrons. The predicted molar refractivity (Wildman–Crippen MR) is 66.6 cm³/mol. The number of carbonyl (C=O) groups is 1. The third-order valence-electron chi connectivity index (χ3n) is 2.74. The van der Waals surface area contributed by atoms with E-state index in [9.17, 15) is 18.0 Å². The van der Waals surface area contributed by atoms with E-state index >= 15 is 0 Å². The molecule has 1 aromatic carbocycles. The molecule has 2 aromatic rings. The van der Waals surface area contributed by atoms with Crippen molar-refractivity contribution in [2.45, 2.75) is 6.18 Å². The Hall–Kier alpha value is -2.37. The Morgan fingerprint density at radius 1 is 1.15 bits per heavy atom. The maximum Gasteiger partial charge on any atom is 0.433 e. The summed E-state index contributed by atoms with van der Waals surface area (Å²) in [6, 6.07) is 6.98. The number of alkyl halides is 3. The van der Waals surface area contributed by atoms with Gasteiger partial charge in [0.25, 0.3) is 0 Å². The lowest BCUT2D eigenvalue weighted by Crippen LogP contribution is -2.07. The fourth-order valence-corrected chi connectivity index (χ4v) is 1.74. The number of hydrogen-bond acceptors (Lipinski definition) is 3. The molecule has 20 heavy (non-hydrogen) atoms. The molecule has 0 aliphatic heterocycles. The van der Waals surface area contributed by atoms with Gasteiger partial charge in [0, 0.05) is 11.8 Å². The van der Waals surface area contributed by atoms with Crippen LogP contribution in [-0.2, 0) is 6.18 Å². The Labute approximate surface area is 113 Å². The lowest BCUT2D eigenvalue weighted by atomic mass is 10.0. The molecule has 0 amide bonds. The van der Waals surface area contributed by atoms with Crippen LogP contribution in [0.4, 0.5) is 13.2 Å². The van der Waals surface area contributed by atoms with Crippen LogP contribution in [0.15, 0.2) is 36.5 Å². The number of benzene rings is 1. The quantitative estimate of drug-likeness (QED) is 0.807. The van der Waals surface area contributed by atoms with E-state index in [-0.39, 0.29) is 0 Å². The van der Waals surface area contributed by atoms with Gasteiger partial charge in [-0.05, 0) is 23.8 Å². The molecule has 6 heteroatoms. The number of methoxy groups -OCH3 is 1. The summed E-state index contributed by atoms with van der Waals surface area (Å²) in [5.41, 5.74) is 0.452. The molecule has 0 aliphatic rings. The molecule has 1 aromatic heterocycles. The van der Waals surface area contributed by atoms with Crippen molar-refractivity contribution >= 4 is 6.29 Å². The Kier molecular flexibility index (Phi) is 3.74. The van der Waals surface area contributed by atoms with Crippen molar-refractivity contribution in [1.29, 1.82) is 0 Å². The van der Waals surface area contributed by atoms with E-state index in [2.05, 4.69) is 4.98 Å². The second-order valence-electron chi connectivity index (χ2n) is 4.00. The SMILES string of the molecule is COc1ccc(-c2ccc(C(F)(F)F)nc2)cc1C=O. The van der Waals surface area contributed by atoms with E-state index in [1.54, 1.807) is 12.1 Å². The van der Waals surface area contributed by atoms with Crippen LogP contribution in [0.3, 0.4) is 0 Å². The van der Waals surface area contributed by atoms with Crippen LogP contribution in [-0.4, -0.2) is 18.4 Å². The van der Waals surface area contributed by atoms with Crippen LogP contribution in [0.1, 0.15) is 16.1 Å². The monoisotopic (exact) mass is 281 g/mol. The van der Waals surface area contributed by atoms with Crippen molar-refractivity contribution in [3.63, 3.8) is 0 Å². The summed E-state index contributed by atoms with van der Waals surface area (Å²) in [7, 11) is 1.43. The zero-order valence-corrected chi connectivity index (χ0v) is 10.4. The van der Waals surface area contributed by atoms with Crippen molar-refractivity contribution in [3.8, 4) is 16.9 Å². The second kappa shape index (κ2) is 5.32. The van der Waals surface area contributed by atoms with Gasteiger partial charge >= 0.3 is 6.18 Å². The van der Waals surface area contributed by atoms with Crippen LogP contribution >= 0.6 is 0 Å². The molecule has 0 saturated heterocycles. The maximum absolute atomic E-state index is 12.4. The summed E-state index contributed by atoms with van der Waals surface area (Å²) in [6.07, 6.45) is -2.72.